The maximum atomic E-state index is 6.17. The highest BCUT2D eigenvalue weighted by molar-refractivity contribution is 5.82. The average Bonchev–Trinajstić information content (AvgIpc) is 2.85. The Balaban J connectivity index is 2.20. The minimum atomic E-state index is 0.686. The van der Waals surface area contributed by atoms with Gasteiger partial charge >= 0.3 is 0 Å². The van der Waals surface area contributed by atoms with E-state index >= 15 is 0 Å². The Bertz CT molecular complexity index is 788. The number of aromatic nitrogens is 3. The van der Waals surface area contributed by atoms with Crippen molar-refractivity contribution in [2.24, 2.45) is 0 Å². The zero-order valence-corrected chi connectivity index (χ0v) is 11.8. The van der Waals surface area contributed by atoms with E-state index in [2.05, 4.69) is 33.3 Å². The molecule has 5 heteroatoms. The molecule has 0 saturated heterocycles. The Hall–Kier alpha value is -2.56. The number of aromatic amines is 1. The first kappa shape index (κ1) is 12.5. The Kier molecular flexibility index (Phi) is 2.82. The van der Waals surface area contributed by atoms with E-state index in [0.29, 0.717) is 5.65 Å². The fourth-order valence-electron chi connectivity index (χ4n) is 2.33. The van der Waals surface area contributed by atoms with Gasteiger partial charge in [0.1, 0.15) is 11.6 Å². The smallest absolute Gasteiger partial charge is 0.180 e. The number of benzene rings is 1. The number of anilines is 2. The minimum Gasteiger partial charge on any atom is -0.398 e. The van der Waals surface area contributed by atoms with Crippen LogP contribution < -0.4 is 11.1 Å². The molecule has 0 bridgehead atoms. The third-order valence-corrected chi connectivity index (χ3v) is 3.39. The summed E-state index contributed by atoms with van der Waals surface area (Å²) in [7, 11) is 1.84. The van der Waals surface area contributed by atoms with Crippen LogP contribution in [0.15, 0.2) is 24.3 Å². The van der Waals surface area contributed by atoms with Crippen molar-refractivity contribution in [2.45, 2.75) is 13.8 Å². The molecule has 1 aromatic carbocycles. The van der Waals surface area contributed by atoms with Gasteiger partial charge in [-0.15, -0.1) is 0 Å². The number of nitrogens with two attached hydrogens (primary N) is 1. The molecule has 0 spiro atoms. The maximum absolute atomic E-state index is 6.17. The predicted octanol–water partition coefficient (Wildman–Crippen LogP) is 2.87. The number of rotatable bonds is 2. The molecule has 3 aromatic rings. The van der Waals surface area contributed by atoms with Crippen molar-refractivity contribution >= 4 is 22.7 Å². The number of nitrogens with zero attached hydrogens (tertiary/aromatic N) is 2. The van der Waals surface area contributed by atoms with Crippen LogP contribution >= 0.6 is 0 Å². The molecule has 0 aliphatic carbocycles. The molecular formula is C15H17N5. The first-order valence-electron chi connectivity index (χ1n) is 6.50. The zero-order valence-electron chi connectivity index (χ0n) is 11.8. The van der Waals surface area contributed by atoms with E-state index in [-0.39, 0.29) is 0 Å². The van der Waals surface area contributed by atoms with Crippen LogP contribution in [0.2, 0.25) is 0 Å². The summed E-state index contributed by atoms with van der Waals surface area (Å²) in [4.78, 5) is 12.2. The van der Waals surface area contributed by atoms with E-state index in [0.717, 1.165) is 39.5 Å². The first-order chi connectivity index (χ1) is 9.58. The Labute approximate surface area is 117 Å². The van der Waals surface area contributed by atoms with Gasteiger partial charge in [-0.3, -0.25) is 0 Å². The summed E-state index contributed by atoms with van der Waals surface area (Å²) >= 11 is 0. The van der Waals surface area contributed by atoms with E-state index in [1.54, 1.807) is 0 Å². The Morgan fingerprint density at radius 1 is 1.15 bits per heavy atom. The number of hydrogen-bond acceptors (Lipinski definition) is 4. The highest BCUT2D eigenvalue weighted by atomic mass is 15.0. The number of pyridine rings is 1. The van der Waals surface area contributed by atoms with Gasteiger partial charge < -0.3 is 16.0 Å². The number of fused-ring (bicyclic) bond motifs is 1. The third-order valence-electron chi connectivity index (χ3n) is 3.39. The standard InChI is InChI=1S/C15H17N5/c1-8-6-9(2)13(16)10(7-8)14-18-11-4-5-12(17-3)19-15(11)20-14/h4-7H,16H2,1-3H3,(H2,17,18,19,20). The number of imidazole rings is 1. The maximum Gasteiger partial charge on any atom is 0.180 e. The van der Waals surface area contributed by atoms with Crippen molar-refractivity contribution in [1.29, 1.82) is 0 Å². The molecule has 0 saturated carbocycles. The molecule has 0 radical (unpaired) electrons. The molecular weight excluding hydrogens is 250 g/mol. The van der Waals surface area contributed by atoms with Gasteiger partial charge in [0.25, 0.3) is 0 Å². The average molecular weight is 267 g/mol. The van der Waals surface area contributed by atoms with E-state index in [9.17, 15) is 0 Å². The van der Waals surface area contributed by atoms with Crippen LogP contribution in [-0.2, 0) is 0 Å². The number of aryl methyl sites for hydroxylation is 2. The van der Waals surface area contributed by atoms with E-state index in [4.69, 9.17) is 5.73 Å². The largest absolute Gasteiger partial charge is 0.398 e. The van der Waals surface area contributed by atoms with Crippen LogP contribution in [0.4, 0.5) is 11.5 Å². The second-order valence-electron chi connectivity index (χ2n) is 4.95. The van der Waals surface area contributed by atoms with E-state index in [1.165, 1.54) is 0 Å². The molecule has 0 amide bonds. The summed E-state index contributed by atoms with van der Waals surface area (Å²) in [5.74, 6) is 1.55. The molecule has 2 heterocycles. The zero-order chi connectivity index (χ0) is 14.3. The lowest BCUT2D eigenvalue weighted by atomic mass is 10.0. The van der Waals surface area contributed by atoms with Crippen molar-refractivity contribution in [3.8, 4) is 11.4 Å². The fourth-order valence-corrected chi connectivity index (χ4v) is 2.33. The van der Waals surface area contributed by atoms with Crippen LogP contribution in [-0.4, -0.2) is 22.0 Å². The van der Waals surface area contributed by atoms with Crippen LogP contribution in [0.1, 0.15) is 11.1 Å². The van der Waals surface area contributed by atoms with E-state index < -0.39 is 0 Å². The van der Waals surface area contributed by atoms with Crippen LogP contribution in [0.5, 0.6) is 0 Å². The predicted molar refractivity (Wildman–Crippen MR) is 82.8 cm³/mol. The van der Waals surface area contributed by atoms with Crippen LogP contribution in [0.3, 0.4) is 0 Å². The van der Waals surface area contributed by atoms with Crippen molar-refractivity contribution in [3.63, 3.8) is 0 Å². The lowest BCUT2D eigenvalue weighted by molar-refractivity contribution is 1.27. The molecule has 2 aromatic heterocycles. The molecule has 0 atom stereocenters. The Morgan fingerprint density at radius 2 is 1.95 bits per heavy atom. The fraction of sp³-hybridized carbons (Fsp3) is 0.200. The van der Waals surface area contributed by atoms with Gasteiger partial charge in [-0.1, -0.05) is 6.07 Å². The lowest BCUT2D eigenvalue weighted by Crippen LogP contribution is -1.96. The van der Waals surface area contributed by atoms with E-state index in [1.807, 2.05) is 32.2 Å². The summed E-state index contributed by atoms with van der Waals surface area (Å²) in [6.45, 7) is 4.06. The lowest BCUT2D eigenvalue weighted by Gasteiger charge is -2.07. The highest BCUT2D eigenvalue weighted by Crippen LogP contribution is 2.29. The number of nitrogen functional groups attached to an aromatic ring is 1. The highest BCUT2D eigenvalue weighted by Gasteiger charge is 2.11. The van der Waals surface area contributed by atoms with Gasteiger partial charge in [-0.2, -0.15) is 0 Å². The quantitative estimate of drug-likeness (QED) is 0.624. The normalized spacial score (nSPS) is 10.9. The van der Waals surface area contributed by atoms with Gasteiger partial charge in [0.2, 0.25) is 0 Å². The molecule has 102 valence electrons. The molecule has 20 heavy (non-hydrogen) atoms. The van der Waals surface area contributed by atoms with Gasteiger partial charge in [-0.25, -0.2) is 9.97 Å². The van der Waals surface area contributed by atoms with Crippen molar-refractivity contribution in [2.75, 3.05) is 18.1 Å². The molecule has 4 N–H and O–H groups in total. The first-order valence-corrected chi connectivity index (χ1v) is 6.50. The summed E-state index contributed by atoms with van der Waals surface area (Å²) < 4.78 is 0. The minimum absolute atomic E-state index is 0.686. The number of H-pyrrole nitrogens is 1. The summed E-state index contributed by atoms with van der Waals surface area (Å²) in [6, 6.07) is 7.98. The van der Waals surface area contributed by atoms with Gasteiger partial charge in [0.15, 0.2) is 5.65 Å². The van der Waals surface area contributed by atoms with Gasteiger partial charge in [0.05, 0.1) is 5.52 Å². The van der Waals surface area contributed by atoms with Crippen LogP contribution in [0, 0.1) is 13.8 Å². The second kappa shape index (κ2) is 4.52. The SMILES string of the molecule is CNc1ccc2[nH]c(-c3cc(C)cc(C)c3N)nc2n1. The Morgan fingerprint density at radius 3 is 2.70 bits per heavy atom. The molecule has 0 aliphatic rings. The molecule has 0 aliphatic heterocycles. The van der Waals surface area contributed by atoms with Crippen molar-refractivity contribution in [1.82, 2.24) is 15.0 Å². The van der Waals surface area contributed by atoms with Gasteiger partial charge in [-0.05, 0) is 43.2 Å². The molecule has 0 fully saturated rings. The third kappa shape index (κ3) is 1.97. The number of hydrogen-bond donors (Lipinski definition) is 3. The number of nitrogens with one attached hydrogen (secondary N) is 2. The topological polar surface area (TPSA) is 79.6 Å². The monoisotopic (exact) mass is 267 g/mol. The van der Waals surface area contributed by atoms with Crippen LogP contribution in [0.25, 0.3) is 22.6 Å². The van der Waals surface area contributed by atoms with Crippen molar-refractivity contribution < 1.29 is 0 Å². The summed E-state index contributed by atoms with van der Waals surface area (Å²) in [5.41, 5.74) is 11.7. The van der Waals surface area contributed by atoms with Gasteiger partial charge in [0, 0.05) is 18.3 Å². The molecule has 5 nitrogen and oxygen atoms in total. The summed E-state index contributed by atoms with van der Waals surface area (Å²) in [6.07, 6.45) is 0. The summed E-state index contributed by atoms with van der Waals surface area (Å²) in [5, 5.41) is 3.01. The van der Waals surface area contributed by atoms with Crippen molar-refractivity contribution in [3.05, 3.63) is 35.4 Å². The molecule has 3 rings (SSSR count). The second-order valence-corrected chi connectivity index (χ2v) is 4.95. The molecule has 0 unspecified atom stereocenters.